The summed E-state index contributed by atoms with van der Waals surface area (Å²) in [6, 6.07) is 0.116. The molecule has 0 aromatic heterocycles. The molecule has 1 N–H and O–H groups in total. The van der Waals surface area contributed by atoms with E-state index >= 15 is 0 Å². The van der Waals surface area contributed by atoms with E-state index < -0.39 is 0 Å². The van der Waals surface area contributed by atoms with E-state index in [0.29, 0.717) is 0 Å². The lowest BCUT2D eigenvalue weighted by molar-refractivity contribution is 0.0503. The van der Waals surface area contributed by atoms with Crippen LogP contribution in [0.4, 0.5) is 4.79 Å². The van der Waals surface area contributed by atoms with Gasteiger partial charge in [-0.1, -0.05) is 0 Å². The highest BCUT2D eigenvalue weighted by Gasteiger charge is 2.23. The number of nitrogens with one attached hydrogen (secondary N) is 1. The van der Waals surface area contributed by atoms with Crippen LogP contribution in [0.1, 0.15) is 12.8 Å². The molecule has 80 valence electrons. The van der Waals surface area contributed by atoms with Crippen molar-refractivity contribution in [2.45, 2.75) is 18.9 Å². The highest BCUT2D eigenvalue weighted by molar-refractivity contribution is 5.85. The van der Waals surface area contributed by atoms with Crippen molar-refractivity contribution >= 4 is 12.4 Å². The zero-order valence-electron chi connectivity index (χ0n) is 8.69. The Morgan fingerprint density at radius 2 is 2.00 bits per heavy atom. The first-order valence-electron chi connectivity index (χ1n) is 4.74. The summed E-state index contributed by atoms with van der Waals surface area (Å²) >= 11 is 0. The van der Waals surface area contributed by atoms with Crippen molar-refractivity contribution in [3.63, 3.8) is 0 Å². The molecule has 5 heteroatoms. The van der Waals surface area contributed by atoms with E-state index in [0.717, 1.165) is 32.4 Å². The molecule has 1 aliphatic heterocycles. The molecule has 0 radical (unpaired) electrons. The fourth-order valence-electron chi connectivity index (χ4n) is 1.53. The Morgan fingerprint density at radius 3 is 2.50 bits per heavy atom. The molecule has 1 fully saturated rings. The number of carbonyl (C=O) groups excluding carboxylic acids is 1. The third-order valence-electron chi connectivity index (χ3n) is 2.54. The van der Waals surface area contributed by atoms with Crippen molar-refractivity contribution in [2.75, 3.05) is 27.3 Å². The lowest BCUT2D eigenvalue weighted by atomic mass is 10.1. The molecule has 0 spiro atoms. The van der Waals surface area contributed by atoms with E-state index in [-0.39, 0.29) is 12.1 Å². The molecule has 5 nitrogen and oxygen atoms in total. The Bertz CT molecular complexity index is 214. The summed E-state index contributed by atoms with van der Waals surface area (Å²) in [5.41, 5.74) is 0. The van der Waals surface area contributed by atoms with Gasteiger partial charge in [0.25, 0.3) is 0 Å². The quantitative estimate of drug-likeness (QED) is 0.527. The van der Waals surface area contributed by atoms with Gasteiger partial charge in [-0.3, -0.25) is 10.3 Å². The second kappa shape index (κ2) is 4.95. The molecule has 0 aromatic carbocycles. The lowest BCUT2D eigenvalue weighted by Gasteiger charge is -2.32. The van der Waals surface area contributed by atoms with E-state index in [2.05, 4.69) is 0 Å². The molecule has 1 heterocycles. The van der Waals surface area contributed by atoms with Gasteiger partial charge in [0.2, 0.25) is 0 Å². The first-order chi connectivity index (χ1) is 6.66. The van der Waals surface area contributed by atoms with Crippen LogP contribution in [-0.2, 0) is 4.74 Å². The van der Waals surface area contributed by atoms with Gasteiger partial charge in [-0.2, -0.15) is 0 Å². The summed E-state index contributed by atoms with van der Waals surface area (Å²) in [6.45, 7) is 1.44. The van der Waals surface area contributed by atoms with Crippen LogP contribution in [0.3, 0.4) is 0 Å². The number of urea groups is 1. The van der Waals surface area contributed by atoms with Crippen molar-refractivity contribution in [3.8, 4) is 0 Å². The van der Waals surface area contributed by atoms with Crippen LogP contribution in [-0.4, -0.2) is 55.5 Å². The largest absolute Gasteiger partial charge is 0.381 e. The monoisotopic (exact) mass is 199 g/mol. The highest BCUT2D eigenvalue weighted by Crippen LogP contribution is 2.13. The van der Waals surface area contributed by atoms with Gasteiger partial charge in [0, 0.05) is 33.4 Å². The molecule has 1 aliphatic rings. The maximum Gasteiger partial charge on any atom is 0.324 e. The number of nitrogens with zero attached hydrogens (tertiary/aromatic N) is 2. The maximum absolute atomic E-state index is 11.6. The smallest absolute Gasteiger partial charge is 0.324 e. The number of ether oxygens (including phenoxy) is 1. The first kappa shape index (κ1) is 11.0. The van der Waals surface area contributed by atoms with Crippen LogP contribution in [0, 0.1) is 5.41 Å². The predicted octanol–water partition coefficient (Wildman–Crippen LogP) is 0.756. The molecule has 1 saturated heterocycles. The predicted molar refractivity (Wildman–Crippen MR) is 53.5 cm³/mol. The summed E-state index contributed by atoms with van der Waals surface area (Å²) in [4.78, 5) is 14.6. The lowest BCUT2D eigenvalue weighted by Crippen LogP contribution is -2.46. The Morgan fingerprint density at radius 1 is 1.43 bits per heavy atom. The van der Waals surface area contributed by atoms with E-state index in [1.54, 1.807) is 19.0 Å². The molecule has 2 amide bonds. The first-order valence-corrected chi connectivity index (χ1v) is 4.74. The fourth-order valence-corrected chi connectivity index (χ4v) is 1.53. The molecule has 0 aliphatic carbocycles. The summed E-state index contributed by atoms with van der Waals surface area (Å²) in [5, 5.41) is 6.98. The van der Waals surface area contributed by atoms with Crippen LogP contribution in [0.2, 0.25) is 0 Å². The molecule has 0 saturated carbocycles. The molecule has 0 bridgehead atoms. The molecular formula is C9H17N3O2. The van der Waals surface area contributed by atoms with Crippen LogP contribution >= 0.6 is 0 Å². The molecular weight excluding hydrogens is 182 g/mol. The standard InChI is InChI=1S/C9H17N3O2/c1-11(7-10)9(13)12(2)8-3-5-14-6-4-8/h7-8,10H,3-6H2,1-2H3. The van der Waals surface area contributed by atoms with Gasteiger partial charge < -0.3 is 9.64 Å². The minimum Gasteiger partial charge on any atom is -0.381 e. The topological polar surface area (TPSA) is 56.6 Å². The van der Waals surface area contributed by atoms with Crippen molar-refractivity contribution < 1.29 is 9.53 Å². The van der Waals surface area contributed by atoms with Crippen LogP contribution in [0.5, 0.6) is 0 Å². The maximum atomic E-state index is 11.6. The Labute approximate surface area is 84.1 Å². The number of amides is 2. The second-order valence-electron chi connectivity index (χ2n) is 3.48. The number of hydrogen-bond acceptors (Lipinski definition) is 3. The van der Waals surface area contributed by atoms with E-state index in [9.17, 15) is 4.79 Å². The van der Waals surface area contributed by atoms with Crippen LogP contribution < -0.4 is 0 Å². The fraction of sp³-hybridized carbons (Fsp3) is 0.778. The third-order valence-corrected chi connectivity index (χ3v) is 2.54. The zero-order valence-corrected chi connectivity index (χ0v) is 8.69. The molecule has 0 atom stereocenters. The van der Waals surface area contributed by atoms with Crippen molar-refractivity contribution in [2.24, 2.45) is 0 Å². The Kier molecular flexibility index (Phi) is 3.88. The second-order valence-corrected chi connectivity index (χ2v) is 3.48. The van der Waals surface area contributed by atoms with Gasteiger partial charge in [-0.25, -0.2) is 4.79 Å². The molecule has 0 aromatic rings. The van der Waals surface area contributed by atoms with Crippen LogP contribution in [0.25, 0.3) is 0 Å². The van der Waals surface area contributed by atoms with Gasteiger partial charge in [0.1, 0.15) is 0 Å². The SMILES string of the molecule is CN(C=N)C(=O)N(C)C1CCOCC1. The minimum absolute atomic E-state index is 0.132. The Hall–Kier alpha value is -1.10. The van der Waals surface area contributed by atoms with Crippen molar-refractivity contribution in [3.05, 3.63) is 0 Å². The van der Waals surface area contributed by atoms with Gasteiger partial charge in [-0.05, 0) is 12.8 Å². The molecule has 1 rings (SSSR count). The average Bonchev–Trinajstić information content (AvgIpc) is 2.27. The third kappa shape index (κ3) is 2.45. The Balaban J connectivity index is 2.49. The van der Waals surface area contributed by atoms with E-state index in [1.807, 2.05) is 0 Å². The summed E-state index contributed by atoms with van der Waals surface area (Å²) in [5.74, 6) is 0. The van der Waals surface area contributed by atoms with E-state index in [4.69, 9.17) is 10.1 Å². The summed E-state index contributed by atoms with van der Waals surface area (Å²) in [6.07, 6.45) is 2.79. The number of carbonyl (C=O) groups is 1. The highest BCUT2D eigenvalue weighted by atomic mass is 16.5. The van der Waals surface area contributed by atoms with Gasteiger partial charge in [0.05, 0.1) is 6.34 Å². The van der Waals surface area contributed by atoms with Gasteiger partial charge in [-0.15, -0.1) is 0 Å². The number of hydrogen-bond donors (Lipinski definition) is 1. The summed E-state index contributed by atoms with van der Waals surface area (Å²) in [7, 11) is 3.36. The molecule has 14 heavy (non-hydrogen) atoms. The zero-order chi connectivity index (χ0) is 10.6. The van der Waals surface area contributed by atoms with Crippen LogP contribution in [0.15, 0.2) is 0 Å². The normalized spacial score (nSPS) is 17.6. The van der Waals surface area contributed by atoms with Gasteiger partial charge >= 0.3 is 6.03 Å². The van der Waals surface area contributed by atoms with Crippen molar-refractivity contribution in [1.29, 1.82) is 5.41 Å². The summed E-state index contributed by atoms with van der Waals surface area (Å²) < 4.78 is 5.22. The minimum atomic E-state index is -0.132. The van der Waals surface area contributed by atoms with Gasteiger partial charge in [0.15, 0.2) is 0 Å². The number of rotatable bonds is 2. The van der Waals surface area contributed by atoms with E-state index in [1.165, 1.54) is 4.90 Å². The average molecular weight is 199 g/mol. The molecule has 0 unspecified atom stereocenters. The van der Waals surface area contributed by atoms with Crippen molar-refractivity contribution in [1.82, 2.24) is 9.80 Å².